The number of nitrogens with one attached hydrogen (secondary N) is 2. The first-order valence-corrected chi connectivity index (χ1v) is 9.21. The van der Waals surface area contributed by atoms with Gasteiger partial charge in [-0.25, -0.2) is 0 Å². The van der Waals surface area contributed by atoms with Crippen LogP contribution in [0.3, 0.4) is 0 Å². The van der Waals surface area contributed by atoms with Gasteiger partial charge in [0.15, 0.2) is 9.77 Å². The van der Waals surface area contributed by atoms with E-state index in [2.05, 4.69) is 20.5 Å². The molecule has 0 radical (unpaired) electrons. The van der Waals surface area contributed by atoms with Crippen molar-refractivity contribution >= 4 is 45.0 Å². The number of H-pyrrole nitrogens is 1. The third kappa shape index (κ3) is 3.82. The second-order valence-corrected chi connectivity index (χ2v) is 7.71. The fourth-order valence-corrected chi connectivity index (χ4v) is 3.70. The second-order valence-electron chi connectivity index (χ2n) is 5.51. The number of anilines is 1. The lowest BCUT2D eigenvalue weighted by atomic mass is 10.2. The Morgan fingerprint density at radius 3 is 2.92 bits per heavy atom. The molecule has 0 aliphatic carbocycles. The number of benzene rings is 1. The SMILES string of the molecule is CC(C)C(=O)Nc1nnc(SCc2cc(=O)c3ccccc3[nH]2)s1. The molecule has 0 unspecified atom stereocenters. The highest BCUT2D eigenvalue weighted by Crippen LogP contribution is 2.28. The van der Waals surface area contributed by atoms with Crippen molar-refractivity contribution in [2.45, 2.75) is 23.9 Å². The summed E-state index contributed by atoms with van der Waals surface area (Å²) in [6, 6.07) is 9.04. The first-order chi connectivity index (χ1) is 11.5. The number of para-hydroxylation sites is 1. The minimum Gasteiger partial charge on any atom is -0.357 e. The zero-order chi connectivity index (χ0) is 17.1. The van der Waals surface area contributed by atoms with E-state index in [1.54, 1.807) is 12.1 Å². The fraction of sp³-hybridized carbons (Fsp3) is 0.250. The van der Waals surface area contributed by atoms with Gasteiger partial charge in [-0.1, -0.05) is 49.1 Å². The van der Waals surface area contributed by atoms with Gasteiger partial charge >= 0.3 is 0 Å². The molecular weight excluding hydrogens is 344 g/mol. The van der Waals surface area contributed by atoms with Crippen LogP contribution in [-0.2, 0) is 10.5 Å². The first-order valence-electron chi connectivity index (χ1n) is 7.41. The molecule has 3 rings (SSSR count). The molecule has 2 heterocycles. The number of hydrogen-bond acceptors (Lipinski definition) is 6. The highest BCUT2D eigenvalue weighted by atomic mass is 32.2. The molecule has 124 valence electrons. The average molecular weight is 360 g/mol. The second kappa shape index (κ2) is 7.14. The van der Waals surface area contributed by atoms with Gasteiger partial charge in [-0.2, -0.15) is 0 Å². The number of rotatable bonds is 5. The van der Waals surface area contributed by atoms with Crippen molar-refractivity contribution < 1.29 is 4.79 Å². The van der Waals surface area contributed by atoms with Gasteiger partial charge in [-0.05, 0) is 12.1 Å². The minimum atomic E-state index is -0.104. The number of aromatic amines is 1. The van der Waals surface area contributed by atoms with Gasteiger partial charge in [-0.3, -0.25) is 9.59 Å². The summed E-state index contributed by atoms with van der Waals surface area (Å²) in [6.45, 7) is 3.64. The van der Waals surface area contributed by atoms with Crippen molar-refractivity contribution in [2.75, 3.05) is 5.32 Å². The van der Waals surface area contributed by atoms with Gasteiger partial charge in [0.25, 0.3) is 0 Å². The first kappa shape index (κ1) is 16.7. The maximum atomic E-state index is 12.1. The van der Waals surface area contributed by atoms with Crippen molar-refractivity contribution in [1.82, 2.24) is 15.2 Å². The number of carbonyl (C=O) groups is 1. The molecule has 1 amide bonds. The van der Waals surface area contributed by atoms with Gasteiger partial charge in [0.05, 0.1) is 0 Å². The summed E-state index contributed by atoms with van der Waals surface area (Å²) in [4.78, 5) is 27.0. The normalized spacial score (nSPS) is 11.1. The topological polar surface area (TPSA) is 87.7 Å². The molecule has 0 saturated carbocycles. The molecule has 0 fully saturated rings. The zero-order valence-corrected chi connectivity index (χ0v) is 14.8. The van der Waals surface area contributed by atoms with Crippen LogP contribution in [-0.4, -0.2) is 21.1 Å². The quantitative estimate of drug-likeness (QED) is 0.538. The zero-order valence-electron chi connectivity index (χ0n) is 13.2. The number of nitrogens with zero attached hydrogens (tertiary/aromatic N) is 2. The molecule has 2 N–H and O–H groups in total. The Balaban J connectivity index is 1.69. The van der Waals surface area contributed by atoms with Crippen LogP contribution in [0.25, 0.3) is 10.9 Å². The molecule has 24 heavy (non-hydrogen) atoms. The maximum absolute atomic E-state index is 12.1. The Bertz CT molecular complexity index is 933. The Morgan fingerprint density at radius 2 is 2.12 bits per heavy atom. The number of fused-ring (bicyclic) bond motifs is 1. The summed E-state index contributed by atoms with van der Waals surface area (Å²) >= 11 is 2.79. The molecule has 0 atom stereocenters. The fourth-order valence-electron chi connectivity index (χ4n) is 2.04. The maximum Gasteiger partial charge on any atom is 0.228 e. The van der Waals surface area contributed by atoms with E-state index in [9.17, 15) is 9.59 Å². The predicted octanol–water partition coefficient (Wildman–Crippen LogP) is 3.27. The number of hydrogen-bond donors (Lipinski definition) is 2. The van der Waals surface area contributed by atoms with E-state index >= 15 is 0 Å². The largest absolute Gasteiger partial charge is 0.357 e. The number of amides is 1. The monoisotopic (exact) mass is 360 g/mol. The number of aromatic nitrogens is 3. The van der Waals surface area contributed by atoms with E-state index in [0.29, 0.717) is 16.3 Å². The van der Waals surface area contributed by atoms with Crippen LogP contribution >= 0.6 is 23.1 Å². The standard InChI is InChI=1S/C16H16N4O2S2/c1-9(2)14(22)18-15-19-20-16(24-15)23-8-10-7-13(21)11-5-3-4-6-12(11)17-10/h3-7,9H,8H2,1-2H3,(H,17,21)(H,18,19,22). The van der Waals surface area contributed by atoms with Crippen molar-refractivity contribution in [3.63, 3.8) is 0 Å². The van der Waals surface area contributed by atoms with Crippen molar-refractivity contribution in [3.8, 4) is 0 Å². The molecule has 0 saturated heterocycles. The summed E-state index contributed by atoms with van der Waals surface area (Å²) in [5.41, 5.74) is 1.65. The van der Waals surface area contributed by atoms with Crippen molar-refractivity contribution in [3.05, 3.63) is 46.2 Å². The molecule has 2 aromatic heterocycles. The van der Waals surface area contributed by atoms with E-state index in [0.717, 1.165) is 15.6 Å². The third-order valence-corrected chi connectivity index (χ3v) is 5.33. The van der Waals surface area contributed by atoms with Gasteiger partial charge in [-0.15, -0.1) is 10.2 Å². The van der Waals surface area contributed by atoms with Crippen LogP contribution in [0.15, 0.2) is 39.5 Å². The van der Waals surface area contributed by atoms with E-state index in [4.69, 9.17) is 0 Å². The van der Waals surface area contributed by atoms with Gasteiger partial charge < -0.3 is 10.3 Å². The molecule has 3 aromatic rings. The van der Waals surface area contributed by atoms with E-state index in [1.807, 2.05) is 32.0 Å². The van der Waals surface area contributed by atoms with E-state index < -0.39 is 0 Å². The number of carbonyl (C=O) groups excluding carboxylic acids is 1. The average Bonchev–Trinajstić information content (AvgIpc) is 3.00. The summed E-state index contributed by atoms with van der Waals surface area (Å²) in [6.07, 6.45) is 0. The molecule has 1 aromatic carbocycles. The molecule has 6 nitrogen and oxygen atoms in total. The molecule has 0 spiro atoms. The number of thioether (sulfide) groups is 1. The number of pyridine rings is 1. The van der Waals surface area contributed by atoms with Crippen LogP contribution in [0.2, 0.25) is 0 Å². The summed E-state index contributed by atoms with van der Waals surface area (Å²) in [5.74, 6) is 0.390. The highest BCUT2D eigenvalue weighted by Gasteiger charge is 2.11. The van der Waals surface area contributed by atoms with Gasteiger partial charge in [0.2, 0.25) is 11.0 Å². The van der Waals surface area contributed by atoms with Crippen LogP contribution in [0.5, 0.6) is 0 Å². The Hall–Kier alpha value is -2.19. The van der Waals surface area contributed by atoms with Crippen molar-refractivity contribution in [1.29, 1.82) is 0 Å². The third-order valence-electron chi connectivity index (χ3n) is 3.31. The Labute approximate surface area is 146 Å². The molecular formula is C16H16N4O2S2. The van der Waals surface area contributed by atoms with E-state index in [1.165, 1.54) is 23.1 Å². The van der Waals surface area contributed by atoms with Gasteiger partial charge in [0.1, 0.15) is 0 Å². The minimum absolute atomic E-state index is 0.00194. The molecule has 8 heteroatoms. The lowest BCUT2D eigenvalue weighted by molar-refractivity contribution is -0.118. The van der Waals surface area contributed by atoms with Crippen LogP contribution in [0.4, 0.5) is 5.13 Å². The lowest BCUT2D eigenvalue weighted by Crippen LogP contribution is -2.17. The van der Waals surface area contributed by atoms with Crippen LogP contribution in [0, 0.1) is 5.92 Å². The smallest absolute Gasteiger partial charge is 0.228 e. The molecule has 0 aliphatic rings. The Kier molecular flexibility index (Phi) is 4.96. The Morgan fingerprint density at radius 1 is 1.33 bits per heavy atom. The summed E-state index contributed by atoms with van der Waals surface area (Å²) < 4.78 is 0.739. The molecule has 0 aliphatic heterocycles. The molecule has 0 bridgehead atoms. The van der Waals surface area contributed by atoms with Crippen LogP contribution < -0.4 is 10.7 Å². The predicted molar refractivity (Wildman–Crippen MR) is 97.5 cm³/mol. The van der Waals surface area contributed by atoms with E-state index in [-0.39, 0.29) is 17.3 Å². The lowest BCUT2D eigenvalue weighted by Gasteiger charge is -2.03. The van der Waals surface area contributed by atoms with Gasteiger partial charge in [0, 0.05) is 34.3 Å². The summed E-state index contributed by atoms with van der Waals surface area (Å²) in [7, 11) is 0. The van der Waals surface area contributed by atoms with Crippen molar-refractivity contribution in [2.24, 2.45) is 5.92 Å². The highest BCUT2D eigenvalue weighted by molar-refractivity contribution is 8.00. The van der Waals surface area contributed by atoms with Crippen LogP contribution in [0.1, 0.15) is 19.5 Å². The summed E-state index contributed by atoms with van der Waals surface area (Å²) in [5, 5.41) is 11.9.